The average Bonchev–Trinajstić information content (AvgIpc) is 3.15. The maximum Gasteiger partial charge on any atom is 0.247 e. The van der Waals surface area contributed by atoms with Crippen LogP contribution in [-0.4, -0.2) is 60.6 Å². The minimum Gasteiger partial charge on any atom is -0.358 e. The summed E-state index contributed by atoms with van der Waals surface area (Å²) in [5.74, 6) is -0.767. The third-order valence-corrected chi connectivity index (χ3v) is 6.10. The van der Waals surface area contributed by atoms with Crippen LogP contribution in [0, 0.1) is 0 Å². The van der Waals surface area contributed by atoms with Crippen molar-refractivity contribution in [3.05, 3.63) is 42.5 Å². The zero-order valence-electron chi connectivity index (χ0n) is 17.8. The molecule has 0 aromatic heterocycles. The third kappa shape index (κ3) is 4.26. The van der Waals surface area contributed by atoms with Gasteiger partial charge in [0.15, 0.2) is 0 Å². The van der Waals surface area contributed by atoms with Crippen LogP contribution < -0.4 is 16.0 Å². The Bertz CT molecular complexity index is 989. The predicted octanol–water partition coefficient (Wildman–Crippen LogP) is 1.61. The van der Waals surface area contributed by atoms with Crippen molar-refractivity contribution >= 4 is 34.2 Å². The van der Waals surface area contributed by atoms with E-state index in [1.165, 1.54) is 4.90 Å². The van der Waals surface area contributed by atoms with Gasteiger partial charge in [0.2, 0.25) is 17.7 Å². The zero-order valence-corrected chi connectivity index (χ0v) is 17.8. The Balaban J connectivity index is 1.53. The molecule has 2 aromatic rings. The van der Waals surface area contributed by atoms with Gasteiger partial charge in [-0.2, -0.15) is 0 Å². The van der Waals surface area contributed by atoms with Gasteiger partial charge in [-0.05, 0) is 38.3 Å². The lowest BCUT2D eigenvalue weighted by Crippen LogP contribution is -2.55. The van der Waals surface area contributed by atoms with Crippen LogP contribution in [0.5, 0.6) is 0 Å². The number of amides is 3. The number of rotatable bonds is 5. The van der Waals surface area contributed by atoms with E-state index >= 15 is 0 Å². The van der Waals surface area contributed by atoms with Crippen LogP contribution in [0.1, 0.15) is 26.2 Å². The highest BCUT2D eigenvalue weighted by atomic mass is 16.5. The highest BCUT2D eigenvalue weighted by Crippen LogP contribution is 2.30. The maximum atomic E-state index is 13.3. The molecule has 31 heavy (non-hydrogen) atoms. The number of carbonyl (C=O) groups excluding carboxylic acids is 3. The van der Waals surface area contributed by atoms with E-state index in [9.17, 15) is 14.4 Å². The topological polar surface area (TPSA) is 99.8 Å². The molecule has 3 amide bonds. The molecule has 0 spiro atoms. The van der Waals surface area contributed by atoms with E-state index in [1.54, 1.807) is 14.0 Å². The summed E-state index contributed by atoms with van der Waals surface area (Å²) in [6, 6.07) is 11.8. The number of carbonyl (C=O) groups is 3. The molecular weight excluding hydrogens is 396 g/mol. The fraction of sp³-hybridized carbons (Fsp3) is 0.435. The molecule has 8 nitrogen and oxygen atoms in total. The molecule has 4 rings (SSSR count). The molecule has 2 saturated heterocycles. The number of nitrogens with zero attached hydrogens (tertiary/aromatic N) is 1. The van der Waals surface area contributed by atoms with E-state index in [-0.39, 0.29) is 17.7 Å². The Morgan fingerprint density at radius 2 is 1.87 bits per heavy atom. The number of hydrogen-bond acceptors (Lipinski definition) is 5. The Morgan fingerprint density at radius 1 is 1.10 bits per heavy atom. The number of hydrogen-bond donors (Lipinski definition) is 3. The minimum absolute atomic E-state index is 0.244. The first-order chi connectivity index (χ1) is 15.0. The Labute approximate surface area is 181 Å². The van der Waals surface area contributed by atoms with Crippen LogP contribution >= 0.6 is 0 Å². The van der Waals surface area contributed by atoms with Gasteiger partial charge in [0, 0.05) is 17.5 Å². The predicted molar refractivity (Wildman–Crippen MR) is 117 cm³/mol. The van der Waals surface area contributed by atoms with Gasteiger partial charge in [-0.25, -0.2) is 0 Å². The maximum absolute atomic E-state index is 13.3. The van der Waals surface area contributed by atoms with Crippen LogP contribution in [0.4, 0.5) is 5.69 Å². The van der Waals surface area contributed by atoms with Crippen molar-refractivity contribution in [1.29, 1.82) is 0 Å². The lowest BCUT2D eigenvalue weighted by Gasteiger charge is -2.30. The van der Waals surface area contributed by atoms with E-state index < -0.39 is 24.4 Å². The van der Waals surface area contributed by atoms with Crippen molar-refractivity contribution in [2.75, 3.05) is 19.0 Å². The highest BCUT2D eigenvalue weighted by Gasteiger charge is 2.45. The summed E-state index contributed by atoms with van der Waals surface area (Å²) in [5, 5.41) is 10.6. The van der Waals surface area contributed by atoms with Gasteiger partial charge < -0.3 is 25.6 Å². The second kappa shape index (κ2) is 9.03. The lowest BCUT2D eigenvalue weighted by molar-refractivity contribution is -0.147. The standard InChI is InChI=1S/C23H28N4O4/c1-14(24-2)21(28)26-18-12-13-31-20-11-10-19(27(20)23(18)30)22(29)25-17-9-5-7-15-6-3-4-8-16(15)17/h3-9,14,18-20,24H,10-13H2,1-2H3,(H,25,29)(H,26,28)/t14-,18-,19?,20-/m0/s1. The smallest absolute Gasteiger partial charge is 0.247 e. The van der Waals surface area contributed by atoms with Crippen molar-refractivity contribution in [1.82, 2.24) is 15.5 Å². The third-order valence-electron chi connectivity index (χ3n) is 6.10. The summed E-state index contributed by atoms with van der Waals surface area (Å²) in [7, 11) is 1.69. The molecule has 2 aliphatic rings. The molecule has 2 heterocycles. The molecular formula is C23H28N4O4. The van der Waals surface area contributed by atoms with Gasteiger partial charge in [0.05, 0.1) is 12.6 Å². The summed E-state index contributed by atoms with van der Waals surface area (Å²) in [6.07, 6.45) is 1.04. The first kappa shape index (κ1) is 21.3. The number of benzene rings is 2. The normalized spacial score (nSPS) is 24.4. The second-order valence-electron chi connectivity index (χ2n) is 8.04. The Morgan fingerprint density at radius 3 is 2.68 bits per heavy atom. The molecule has 164 valence electrons. The van der Waals surface area contributed by atoms with Crippen molar-refractivity contribution < 1.29 is 19.1 Å². The van der Waals surface area contributed by atoms with Crippen LogP contribution in [0.25, 0.3) is 10.8 Å². The largest absolute Gasteiger partial charge is 0.358 e. The lowest BCUT2D eigenvalue weighted by atomic mass is 10.1. The molecule has 0 bridgehead atoms. The van der Waals surface area contributed by atoms with E-state index in [0.717, 1.165) is 10.8 Å². The summed E-state index contributed by atoms with van der Waals surface area (Å²) >= 11 is 0. The summed E-state index contributed by atoms with van der Waals surface area (Å²) < 4.78 is 5.85. The Hall–Kier alpha value is -2.97. The van der Waals surface area contributed by atoms with E-state index in [2.05, 4.69) is 16.0 Å². The molecule has 0 aliphatic carbocycles. The summed E-state index contributed by atoms with van der Waals surface area (Å²) in [6.45, 7) is 2.08. The van der Waals surface area contributed by atoms with Crippen LogP contribution in [-0.2, 0) is 19.1 Å². The van der Waals surface area contributed by atoms with Gasteiger partial charge in [0.25, 0.3) is 0 Å². The molecule has 3 N–H and O–H groups in total. The van der Waals surface area contributed by atoms with Crippen molar-refractivity contribution in [3.63, 3.8) is 0 Å². The van der Waals surface area contributed by atoms with E-state index in [0.29, 0.717) is 31.6 Å². The quantitative estimate of drug-likeness (QED) is 0.677. The fourth-order valence-corrected chi connectivity index (χ4v) is 4.23. The number of ether oxygens (including phenoxy) is 1. The second-order valence-corrected chi connectivity index (χ2v) is 8.04. The van der Waals surface area contributed by atoms with Crippen LogP contribution in [0.2, 0.25) is 0 Å². The molecule has 2 aliphatic heterocycles. The summed E-state index contributed by atoms with van der Waals surface area (Å²) in [5.41, 5.74) is 0.711. The molecule has 2 aromatic carbocycles. The van der Waals surface area contributed by atoms with Crippen molar-refractivity contribution in [2.45, 2.75) is 50.5 Å². The van der Waals surface area contributed by atoms with Crippen molar-refractivity contribution in [2.24, 2.45) is 0 Å². The van der Waals surface area contributed by atoms with Crippen molar-refractivity contribution in [3.8, 4) is 0 Å². The van der Waals surface area contributed by atoms with Gasteiger partial charge >= 0.3 is 0 Å². The van der Waals surface area contributed by atoms with E-state index in [1.807, 2.05) is 42.5 Å². The molecule has 4 atom stereocenters. The Kier molecular flexibility index (Phi) is 6.20. The van der Waals surface area contributed by atoms with Gasteiger partial charge in [-0.15, -0.1) is 0 Å². The number of anilines is 1. The molecule has 2 fully saturated rings. The number of nitrogens with one attached hydrogen (secondary N) is 3. The number of likely N-dealkylation sites (N-methyl/N-ethyl adjacent to an activating group) is 1. The van der Waals surface area contributed by atoms with Gasteiger partial charge in [-0.1, -0.05) is 36.4 Å². The molecule has 8 heteroatoms. The monoisotopic (exact) mass is 424 g/mol. The minimum atomic E-state index is -0.709. The zero-order chi connectivity index (χ0) is 22.0. The SMILES string of the molecule is CN[C@@H](C)C(=O)N[C@H]1CCO[C@H]2CCC(C(=O)Nc3cccc4ccccc34)N2C1=O. The highest BCUT2D eigenvalue weighted by molar-refractivity contribution is 6.05. The fourth-order valence-electron chi connectivity index (χ4n) is 4.23. The first-order valence-electron chi connectivity index (χ1n) is 10.7. The number of fused-ring (bicyclic) bond motifs is 2. The molecule has 0 radical (unpaired) electrons. The molecule has 0 saturated carbocycles. The van der Waals surface area contributed by atoms with Crippen LogP contribution in [0.15, 0.2) is 42.5 Å². The summed E-state index contributed by atoms with van der Waals surface area (Å²) in [4.78, 5) is 40.3. The van der Waals surface area contributed by atoms with Gasteiger partial charge in [0.1, 0.15) is 18.3 Å². The average molecular weight is 425 g/mol. The van der Waals surface area contributed by atoms with E-state index in [4.69, 9.17) is 4.74 Å². The molecule has 1 unspecified atom stereocenters. The van der Waals surface area contributed by atoms with Gasteiger partial charge in [-0.3, -0.25) is 14.4 Å². The van der Waals surface area contributed by atoms with Crippen LogP contribution in [0.3, 0.4) is 0 Å². The first-order valence-corrected chi connectivity index (χ1v) is 10.7.